The topological polar surface area (TPSA) is 77.0 Å². The molecule has 0 aliphatic rings. The van der Waals surface area contributed by atoms with Gasteiger partial charge in [-0.05, 0) is 20.3 Å². The van der Waals surface area contributed by atoms with E-state index in [1.165, 1.54) is 0 Å². The van der Waals surface area contributed by atoms with Gasteiger partial charge in [0.15, 0.2) is 5.16 Å². The van der Waals surface area contributed by atoms with Crippen LogP contribution in [0.4, 0.5) is 0 Å². The summed E-state index contributed by atoms with van der Waals surface area (Å²) in [6.45, 7) is 4.56. The van der Waals surface area contributed by atoms with Crippen molar-refractivity contribution in [3.63, 3.8) is 0 Å². The molecule has 1 aromatic rings. The highest BCUT2D eigenvalue weighted by molar-refractivity contribution is 7.99. The van der Waals surface area contributed by atoms with Gasteiger partial charge in [0.1, 0.15) is 5.82 Å². The number of carbonyl (C=O) groups is 1. The molecule has 0 unspecified atom stereocenters. The Labute approximate surface area is 118 Å². The fraction of sp³-hybridized carbons (Fsp3) is 0.750. The zero-order valence-electron chi connectivity index (χ0n) is 12.1. The van der Waals surface area contributed by atoms with Crippen molar-refractivity contribution in [1.29, 1.82) is 0 Å². The Hall–Kier alpha value is -1.08. The van der Waals surface area contributed by atoms with E-state index in [1.54, 1.807) is 30.8 Å². The second-order valence-electron chi connectivity index (χ2n) is 4.81. The van der Waals surface area contributed by atoms with Crippen LogP contribution in [0.3, 0.4) is 0 Å². The first-order valence-electron chi connectivity index (χ1n) is 6.44. The average Bonchev–Trinajstić information content (AvgIpc) is 2.77. The SMILES string of the molecule is CC(C)n1c(CN)nnc1SCCCC(=O)N(C)C. The van der Waals surface area contributed by atoms with Crippen molar-refractivity contribution in [3.8, 4) is 0 Å². The third-order valence-electron chi connectivity index (χ3n) is 2.70. The number of rotatable bonds is 7. The minimum absolute atomic E-state index is 0.161. The number of hydrogen-bond acceptors (Lipinski definition) is 5. The number of hydrogen-bond donors (Lipinski definition) is 1. The molecule has 1 aromatic heterocycles. The highest BCUT2D eigenvalue weighted by Crippen LogP contribution is 2.22. The first-order valence-corrected chi connectivity index (χ1v) is 7.42. The lowest BCUT2D eigenvalue weighted by atomic mass is 10.3. The fourth-order valence-electron chi connectivity index (χ4n) is 1.67. The summed E-state index contributed by atoms with van der Waals surface area (Å²) >= 11 is 1.63. The van der Waals surface area contributed by atoms with Gasteiger partial charge in [0.2, 0.25) is 5.91 Å². The van der Waals surface area contributed by atoms with E-state index >= 15 is 0 Å². The van der Waals surface area contributed by atoms with E-state index in [-0.39, 0.29) is 5.91 Å². The molecule has 0 atom stereocenters. The monoisotopic (exact) mass is 285 g/mol. The highest BCUT2D eigenvalue weighted by atomic mass is 32.2. The van der Waals surface area contributed by atoms with Gasteiger partial charge < -0.3 is 15.2 Å². The van der Waals surface area contributed by atoms with Gasteiger partial charge in [0.25, 0.3) is 0 Å². The molecule has 1 heterocycles. The summed E-state index contributed by atoms with van der Waals surface area (Å²) in [4.78, 5) is 13.1. The van der Waals surface area contributed by atoms with Crippen LogP contribution in [0.5, 0.6) is 0 Å². The minimum atomic E-state index is 0.161. The molecule has 0 saturated carbocycles. The summed E-state index contributed by atoms with van der Waals surface area (Å²) in [6, 6.07) is 0.291. The maximum atomic E-state index is 11.4. The van der Waals surface area contributed by atoms with E-state index < -0.39 is 0 Å². The van der Waals surface area contributed by atoms with E-state index in [0.29, 0.717) is 19.0 Å². The van der Waals surface area contributed by atoms with Crippen molar-refractivity contribution < 1.29 is 4.79 Å². The highest BCUT2D eigenvalue weighted by Gasteiger charge is 2.14. The Kier molecular flexibility index (Phi) is 6.30. The number of carbonyl (C=O) groups excluding carboxylic acids is 1. The summed E-state index contributed by atoms with van der Waals surface area (Å²) in [5, 5.41) is 9.13. The smallest absolute Gasteiger partial charge is 0.222 e. The predicted molar refractivity (Wildman–Crippen MR) is 77.0 cm³/mol. The van der Waals surface area contributed by atoms with E-state index in [0.717, 1.165) is 23.2 Å². The summed E-state index contributed by atoms with van der Waals surface area (Å²) in [6.07, 6.45) is 1.41. The van der Waals surface area contributed by atoms with Crippen molar-refractivity contribution >= 4 is 17.7 Å². The number of amides is 1. The summed E-state index contributed by atoms with van der Waals surface area (Å²) in [5.41, 5.74) is 5.65. The van der Waals surface area contributed by atoms with Crippen molar-refractivity contribution in [2.45, 2.75) is 44.4 Å². The fourth-order valence-corrected chi connectivity index (χ4v) is 2.70. The van der Waals surface area contributed by atoms with Crippen molar-refractivity contribution in [2.75, 3.05) is 19.8 Å². The molecule has 1 amide bonds. The second-order valence-corrected chi connectivity index (χ2v) is 5.87. The normalized spacial score (nSPS) is 11.1. The predicted octanol–water partition coefficient (Wildman–Crippen LogP) is 1.28. The van der Waals surface area contributed by atoms with Crippen LogP contribution < -0.4 is 5.73 Å². The van der Waals surface area contributed by atoms with E-state index in [2.05, 4.69) is 28.6 Å². The number of nitrogens with two attached hydrogens (primary N) is 1. The number of nitrogens with zero attached hydrogens (tertiary/aromatic N) is 4. The summed E-state index contributed by atoms with van der Waals surface area (Å²) < 4.78 is 2.05. The number of aromatic nitrogens is 3. The molecule has 1 rings (SSSR count). The third kappa shape index (κ3) is 4.50. The molecule has 0 radical (unpaired) electrons. The zero-order chi connectivity index (χ0) is 14.4. The molecule has 0 aliphatic carbocycles. The molecule has 0 aromatic carbocycles. The Morgan fingerprint density at radius 2 is 2.11 bits per heavy atom. The Morgan fingerprint density at radius 1 is 1.42 bits per heavy atom. The molecule has 2 N–H and O–H groups in total. The lowest BCUT2D eigenvalue weighted by molar-refractivity contribution is -0.128. The Bertz CT molecular complexity index is 416. The molecular weight excluding hydrogens is 262 g/mol. The van der Waals surface area contributed by atoms with Gasteiger partial charge in [-0.2, -0.15) is 0 Å². The van der Waals surface area contributed by atoms with Gasteiger partial charge in [0, 0.05) is 32.3 Å². The molecule has 0 bridgehead atoms. The van der Waals surface area contributed by atoms with Gasteiger partial charge in [-0.3, -0.25) is 4.79 Å². The van der Waals surface area contributed by atoms with Crippen LogP contribution in [0, 0.1) is 0 Å². The standard InChI is InChI=1S/C12H23N5OS/c1-9(2)17-10(8-13)14-15-12(17)19-7-5-6-11(18)16(3)4/h9H,5-8,13H2,1-4H3. The molecule has 0 fully saturated rings. The van der Waals surface area contributed by atoms with Gasteiger partial charge in [-0.25, -0.2) is 0 Å². The van der Waals surface area contributed by atoms with Crippen LogP contribution in [0.1, 0.15) is 38.6 Å². The van der Waals surface area contributed by atoms with E-state index in [9.17, 15) is 4.79 Å². The molecule has 7 heteroatoms. The first-order chi connectivity index (χ1) is 8.97. The van der Waals surface area contributed by atoms with Gasteiger partial charge in [0.05, 0.1) is 6.54 Å². The largest absolute Gasteiger partial charge is 0.349 e. The van der Waals surface area contributed by atoms with Crippen molar-refractivity contribution in [2.24, 2.45) is 5.73 Å². The maximum Gasteiger partial charge on any atom is 0.222 e. The maximum absolute atomic E-state index is 11.4. The lowest BCUT2D eigenvalue weighted by Crippen LogP contribution is -2.21. The molecule has 108 valence electrons. The van der Waals surface area contributed by atoms with E-state index in [4.69, 9.17) is 5.73 Å². The molecule has 0 spiro atoms. The van der Waals surface area contributed by atoms with Crippen molar-refractivity contribution in [3.05, 3.63) is 5.82 Å². The quantitative estimate of drug-likeness (QED) is 0.603. The van der Waals surface area contributed by atoms with Crippen LogP contribution in [-0.4, -0.2) is 45.4 Å². The van der Waals surface area contributed by atoms with E-state index in [1.807, 2.05) is 0 Å². The number of thioether (sulfide) groups is 1. The van der Waals surface area contributed by atoms with Gasteiger partial charge in [-0.15, -0.1) is 10.2 Å². The van der Waals surface area contributed by atoms with Crippen LogP contribution in [-0.2, 0) is 11.3 Å². The zero-order valence-corrected chi connectivity index (χ0v) is 12.9. The summed E-state index contributed by atoms with van der Waals surface area (Å²) in [5.74, 6) is 1.82. The molecular formula is C12H23N5OS. The second kappa shape index (κ2) is 7.49. The van der Waals surface area contributed by atoms with Gasteiger partial charge >= 0.3 is 0 Å². The van der Waals surface area contributed by atoms with Crippen LogP contribution >= 0.6 is 11.8 Å². The summed E-state index contributed by atoms with van der Waals surface area (Å²) in [7, 11) is 3.55. The van der Waals surface area contributed by atoms with Crippen molar-refractivity contribution in [1.82, 2.24) is 19.7 Å². The molecule has 6 nitrogen and oxygen atoms in total. The lowest BCUT2D eigenvalue weighted by Gasteiger charge is -2.13. The molecule has 0 saturated heterocycles. The van der Waals surface area contributed by atoms with Crippen LogP contribution in [0.15, 0.2) is 5.16 Å². The molecule has 0 aliphatic heterocycles. The molecule has 19 heavy (non-hydrogen) atoms. The first kappa shape index (κ1) is 16.0. The Morgan fingerprint density at radius 3 is 2.63 bits per heavy atom. The average molecular weight is 285 g/mol. The van der Waals surface area contributed by atoms with Gasteiger partial charge in [-0.1, -0.05) is 11.8 Å². The minimum Gasteiger partial charge on any atom is -0.349 e. The Balaban J connectivity index is 2.50. The van der Waals surface area contributed by atoms with Crippen LogP contribution in [0.2, 0.25) is 0 Å². The third-order valence-corrected chi connectivity index (χ3v) is 3.73. The van der Waals surface area contributed by atoms with Crippen LogP contribution in [0.25, 0.3) is 0 Å².